The quantitative estimate of drug-likeness (QED) is 0.138. The van der Waals surface area contributed by atoms with E-state index in [4.69, 9.17) is 9.47 Å². The Morgan fingerprint density at radius 3 is 2.23 bits per heavy atom. The van der Waals surface area contributed by atoms with Gasteiger partial charge in [-0.2, -0.15) is 0 Å². The van der Waals surface area contributed by atoms with Gasteiger partial charge in [0.05, 0.1) is 28.2 Å². The van der Waals surface area contributed by atoms with Crippen molar-refractivity contribution in [2.75, 3.05) is 0 Å². The number of hydrogen-bond acceptors (Lipinski definition) is 9. The summed E-state index contributed by atoms with van der Waals surface area (Å²) in [5.41, 5.74) is 4.55. The third-order valence-corrected chi connectivity index (χ3v) is 8.04. The second-order valence-corrected chi connectivity index (χ2v) is 13.4. The maximum atomic E-state index is 13.3. The highest BCUT2D eigenvalue weighted by molar-refractivity contribution is 7.09. The molecule has 2 aromatic carbocycles. The van der Waals surface area contributed by atoms with Gasteiger partial charge in [0.1, 0.15) is 18.2 Å². The number of thiazole rings is 1. The van der Waals surface area contributed by atoms with Crippen LogP contribution in [0.25, 0.3) is 11.3 Å². The predicted octanol–water partition coefficient (Wildman–Crippen LogP) is 5.43. The number of pyridine rings is 1. The lowest BCUT2D eigenvalue weighted by molar-refractivity contribution is -0.124. The zero-order chi connectivity index (χ0) is 34.5. The molecule has 4 N–H and O–H groups in total. The molecule has 254 valence electrons. The minimum Gasteiger partial charge on any atom is -0.444 e. The maximum Gasteiger partial charge on any atom is 0.408 e. The number of benzene rings is 2. The molecule has 48 heavy (non-hydrogen) atoms. The molecule has 0 saturated heterocycles. The van der Waals surface area contributed by atoms with Crippen LogP contribution in [0.4, 0.5) is 9.59 Å². The van der Waals surface area contributed by atoms with Gasteiger partial charge in [-0.05, 0) is 70.2 Å². The number of ether oxygens (including phenoxy) is 2. The molecule has 3 amide bonds. The number of carbonyl (C=O) groups is 3. The number of aromatic nitrogens is 2. The van der Waals surface area contributed by atoms with Gasteiger partial charge >= 0.3 is 12.2 Å². The summed E-state index contributed by atoms with van der Waals surface area (Å²) >= 11 is 1.35. The van der Waals surface area contributed by atoms with Crippen molar-refractivity contribution in [3.8, 4) is 11.3 Å². The summed E-state index contributed by atoms with van der Waals surface area (Å²) in [6, 6.07) is 20.8. The SMILES string of the molecule is CC(NC(=O)OCc1cncs1)C(=O)NC(Cc1ccccc1)C(O)CC(Cc1ccc(-c2ccccn2)cc1)NC(=O)OC(C)(C)C. The standard InChI is InChI=1S/C36H43N5O6S/c1-24(39-34(44)46-22-29-21-37-23-48-29)33(43)41-31(19-25-10-6-5-7-11-25)32(42)20-28(40-35(45)47-36(2,3)4)18-26-13-15-27(16-14-26)30-12-8-9-17-38-30/h5-17,21,23-24,28,31-32,42H,18-20,22H2,1-4H3,(H,39,44)(H,40,45)(H,41,43). The van der Waals surface area contributed by atoms with Crippen LogP contribution in [-0.4, -0.2) is 63.0 Å². The number of aliphatic hydroxyl groups is 1. The van der Waals surface area contributed by atoms with Gasteiger partial charge < -0.3 is 30.5 Å². The summed E-state index contributed by atoms with van der Waals surface area (Å²) in [4.78, 5) is 47.6. The number of alkyl carbamates (subject to hydrolysis) is 2. The van der Waals surface area contributed by atoms with Crippen LogP contribution in [-0.2, 0) is 33.7 Å². The molecule has 11 nitrogen and oxygen atoms in total. The Hall–Kier alpha value is -4.81. The van der Waals surface area contributed by atoms with Gasteiger partial charge in [0.25, 0.3) is 0 Å². The van der Waals surface area contributed by atoms with Gasteiger partial charge in [0, 0.05) is 24.0 Å². The van der Waals surface area contributed by atoms with Crippen LogP contribution in [0.1, 0.15) is 50.1 Å². The average Bonchev–Trinajstić information content (AvgIpc) is 3.57. The molecule has 0 aliphatic carbocycles. The van der Waals surface area contributed by atoms with Crippen molar-refractivity contribution in [3.63, 3.8) is 0 Å². The minimum atomic E-state index is -1.08. The number of rotatable bonds is 14. The van der Waals surface area contributed by atoms with Crippen LogP contribution in [0.5, 0.6) is 0 Å². The molecule has 0 aliphatic rings. The van der Waals surface area contributed by atoms with E-state index in [-0.39, 0.29) is 13.0 Å². The molecule has 0 spiro atoms. The normalized spacial score (nSPS) is 13.8. The lowest BCUT2D eigenvalue weighted by Gasteiger charge is -2.30. The Labute approximate surface area is 285 Å². The highest BCUT2D eigenvalue weighted by Crippen LogP contribution is 2.20. The van der Waals surface area contributed by atoms with Crippen molar-refractivity contribution in [2.45, 2.75) is 83.4 Å². The van der Waals surface area contributed by atoms with Gasteiger partial charge in [0.2, 0.25) is 5.91 Å². The van der Waals surface area contributed by atoms with Gasteiger partial charge in [0.15, 0.2) is 0 Å². The Morgan fingerprint density at radius 2 is 1.58 bits per heavy atom. The molecule has 2 aromatic heterocycles. The van der Waals surface area contributed by atoms with Crippen LogP contribution < -0.4 is 16.0 Å². The van der Waals surface area contributed by atoms with E-state index in [0.717, 1.165) is 27.3 Å². The second-order valence-electron chi connectivity index (χ2n) is 12.5. The summed E-state index contributed by atoms with van der Waals surface area (Å²) < 4.78 is 10.7. The first-order chi connectivity index (χ1) is 22.9. The van der Waals surface area contributed by atoms with E-state index >= 15 is 0 Å². The molecule has 0 bridgehead atoms. The molecule has 4 rings (SSSR count). The molecule has 0 fully saturated rings. The summed E-state index contributed by atoms with van der Waals surface area (Å²) in [5, 5.41) is 20.0. The average molecular weight is 674 g/mol. The number of carbonyl (C=O) groups excluding carboxylic acids is 3. The lowest BCUT2D eigenvalue weighted by atomic mass is 9.93. The van der Waals surface area contributed by atoms with Crippen LogP contribution in [0.3, 0.4) is 0 Å². The topological polar surface area (TPSA) is 152 Å². The van der Waals surface area contributed by atoms with Gasteiger partial charge in [-0.1, -0.05) is 60.7 Å². The summed E-state index contributed by atoms with van der Waals surface area (Å²) in [7, 11) is 0. The third-order valence-electron chi connectivity index (χ3n) is 7.29. The van der Waals surface area contributed by atoms with Crippen LogP contribution in [0.2, 0.25) is 0 Å². The first kappa shape index (κ1) is 36.0. The zero-order valence-electron chi connectivity index (χ0n) is 27.6. The molecule has 0 saturated carbocycles. The van der Waals surface area contributed by atoms with E-state index < -0.39 is 47.9 Å². The number of nitrogens with one attached hydrogen (secondary N) is 3. The summed E-state index contributed by atoms with van der Waals surface area (Å²) in [5.74, 6) is -0.494. The number of amides is 3. The monoisotopic (exact) mass is 673 g/mol. The number of hydrogen-bond donors (Lipinski definition) is 4. The summed E-state index contributed by atoms with van der Waals surface area (Å²) in [6.45, 7) is 6.92. The largest absolute Gasteiger partial charge is 0.444 e. The first-order valence-corrected chi connectivity index (χ1v) is 16.7. The number of nitrogens with zero attached hydrogens (tertiary/aromatic N) is 2. The first-order valence-electron chi connectivity index (χ1n) is 15.8. The van der Waals surface area contributed by atoms with E-state index in [1.807, 2.05) is 72.8 Å². The summed E-state index contributed by atoms with van der Waals surface area (Å²) in [6.07, 6.45) is 1.73. The molecule has 4 aromatic rings. The van der Waals surface area contributed by atoms with Crippen molar-refractivity contribution < 1.29 is 29.0 Å². The third kappa shape index (κ3) is 12.1. The number of aliphatic hydroxyl groups excluding tert-OH is 1. The molecule has 0 aliphatic heterocycles. The van der Waals surface area contributed by atoms with Crippen molar-refractivity contribution in [1.29, 1.82) is 0 Å². The van der Waals surface area contributed by atoms with Crippen molar-refractivity contribution in [3.05, 3.63) is 107 Å². The minimum absolute atomic E-state index is 0.0398. The highest BCUT2D eigenvalue weighted by Gasteiger charge is 2.29. The lowest BCUT2D eigenvalue weighted by Crippen LogP contribution is -2.53. The fourth-order valence-corrected chi connectivity index (χ4v) is 5.45. The molecule has 12 heteroatoms. The van der Waals surface area contributed by atoms with E-state index in [9.17, 15) is 19.5 Å². The van der Waals surface area contributed by atoms with E-state index in [1.165, 1.54) is 18.3 Å². The van der Waals surface area contributed by atoms with Crippen LogP contribution in [0, 0.1) is 0 Å². The Kier molecular flexibility index (Phi) is 13.0. The fraction of sp³-hybridized carbons (Fsp3) is 0.361. The van der Waals surface area contributed by atoms with E-state index in [2.05, 4.69) is 25.9 Å². The Balaban J connectivity index is 1.47. The Morgan fingerprint density at radius 1 is 0.875 bits per heavy atom. The van der Waals surface area contributed by atoms with Crippen molar-refractivity contribution in [2.24, 2.45) is 0 Å². The van der Waals surface area contributed by atoms with Gasteiger partial charge in [-0.3, -0.25) is 14.8 Å². The van der Waals surface area contributed by atoms with Crippen molar-refractivity contribution in [1.82, 2.24) is 25.9 Å². The smallest absolute Gasteiger partial charge is 0.408 e. The molecular weight excluding hydrogens is 630 g/mol. The van der Waals surface area contributed by atoms with E-state index in [1.54, 1.807) is 38.7 Å². The van der Waals surface area contributed by atoms with Crippen LogP contribution in [0.15, 0.2) is 90.7 Å². The van der Waals surface area contributed by atoms with Crippen LogP contribution >= 0.6 is 11.3 Å². The molecular formula is C36H43N5O6S. The Bertz CT molecular complexity index is 1580. The van der Waals surface area contributed by atoms with Gasteiger partial charge in [-0.25, -0.2) is 9.59 Å². The molecule has 0 radical (unpaired) electrons. The second kappa shape index (κ2) is 17.4. The highest BCUT2D eigenvalue weighted by atomic mass is 32.1. The maximum absolute atomic E-state index is 13.3. The predicted molar refractivity (Wildman–Crippen MR) is 184 cm³/mol. The van der Waals surface area contributed by atoms with Gasteiger partial charge in [-0.15, -0.1) is 11.3 Å². The molecule has 4 atom stereocenters. The molecule has 2 heterocycles. The van der Waals surface area contributed by atoms with Crippen molar-refractivity contribution >= 4 is 29.4 Å². The molecule has 4 unspecified atom stereocenters. The fourth-order valence-electron chi connectivity index (χ4n) is 4.95. The van der Waals surface area contributed by atoms with E-state index in [0.29, 0.717) is 12.8 Å². The zero-order valence-corrected chi connectivity index (χ0v) is 28.4.